The molecule has 0 saturated heterocycles. The third kappa shape index (κ3) is 3.43. The highest BCUT2D eigenvalue weighted by molar-refractivity contribution is 5.39. The van der Waals surface area contributed by atoms with E-state index < -0.39 is 0 Å². The van der Waals surface area contributed by atoms with E-state index in [9.17, 15) is 4.79 Å². The Morgan fingerprint density at radius 3 is 2.95 bits per heavy atom. The van der Waals surface area contributed by atoms with Gasteiger partial charge < -0.3 is 11.1 Å². The highest BCUT2D eigenvalue weighted by Gasteiger charge is 2.02. The number of rotatable bonds is 5. The summed E-state index contributed by atoms with van der Waals surface area (Å²) in [5.74, 6) is 0. The minimum Gasteiger partial charge on any atom is -0.382 e. The molecule has 3 N–H and O–H groups in total. The lowest BCUT2D eigenvalue weighted by atomic mass is 10.1. The zero-order valence-corrected chi connectivity index (χ0v) is 10.9. The molecule has 0 atom stereocenters. The molecule has 0 unspecified atom stereocenters. The number of nitrogens with one attached hydrogen (secondary N) is 1. The van der Waals surface area contributed by atoms with Crippen LogP contribution in [0, 0.1) is 11.3 Å². The predicted molar refractivity (Wildman–Crippen MR) is 76.3 cm³/mol. The van der Waals surface area contributed by atoms with E-state index in [0.717, 1.165) is 5.56 Å². The third-order valence-corrected chi connectivity index (χ3v) is 2.73. The van der Waals surface area contributed by atoms with Crippen LogP contribution in [0.4, 0.5) is 5.69 Å². The minimum absolute atomic E-state index is 0.200. The minimum atomic E-state index is -0.200. The molecule has 6 heteroatoms. The summed E-state index contributed by atoms with van der Waals surface area (Å²) >= 11 is 0. The van der Waals surface area contributed by atoms with E-state index in [0.29, 0.717) is 30.9 Å². The van der Waals surface area contributed by atoms with Crippen molar-refractivity contribution in [3.8, 4) is 6.07 Å². The van der Waals surface area contributed by atoms with E-state index in [4.69, 9.17) is 11.0 Å². The fourth-order valence-corrected chi connectivity index (χ4v) is 1.78. The summed E-state index contributed by atoms with van der Waals surface area (Å²) in [5, 5.41) is 15.9. The van der Waals surface area contributed by atoms with Crippen molar-refractivity contribution in [3.63, 3.8) is 0 Å². The fraction of sp³-hybridized carbons (Fsp3) is 0.214. The maximum Gasteiger partial charge on any atom is 0.269 e. The van der Waals surface area contributed by atoms with E-state index in [1.807, 2.05) is 6.07 Å². The van der Waals surface area contributed by atoms with Crippen molar-refractivity contribution in [2.45, 2.75) is 6.54 Å². The van der Waals surface area contributed by atoms with Crippen molar-refractivity contribution >= 4 is 5.69 Å². The Kier molecular flexibility index (Phi) is 4.47. The van der Waals surface area contributed by atoms with E-state index in [1.54, 1.807) is 24.4 Å². The largest absolute Gasteiger partial charge is 0.382 e. The summed E-state index contributed by atoms with van der Waals surface area (Å²) in [7, 11) is 0. The third-order valence-electron chi connectivity index (χ3n) is 2.73. The maximum atomic E-state index is 11.9. The van der Waals surface area contributed by atoms with Crippen molar-refractivity contribution in [2.75, 3.05) is 18.4 Å². The molecule has 0 radical (unpaired) electrons. The van der Waals surface area contributed by atoms with Gasteiger partial charge in [-0.2, -0.15) is 10.4 Å². The first-order chi connectivity index (χ1) is 9.72. The predicted octanol–water partition coefficient (Wildman–Crippen LogP) is 0.534. The molecule has 20 heavy (non-hydrogen) atoms. The number of nitrogens with two attached hydrogens (primary N) is 1. The van der Waals surface area contributed by atoms with Crippen LogP contribution >= 0.6 is 0 Å². The molecular weight excluding hydrogens is 254 g/mol. The van der Waals surface area contributed by atoms with Crippen LogP contribution in [0.2, 0.25) is 0 Å². The Hall–Kier alpha value is -2.65. The van der Waals surface area contributed by atoms with Gasteiger partial charge >= 0.3 is 0 Å². The lowest BCUT2D eigenvalue weighted by Crippen LogP contribution is -2.24. The Labute approximate surface area is 116 Å². The number of benzene rings is 1. The van der Waals surface area contributed by atoms with Gasteiger partial charge in [-0.3, -0.25) is 4.79 Å². The van der Waals surface area contributed by atoms with Gasteiger partial charge in [0.15, 0.2) is 0 Å². The molecule has 0 fully saturated rings. The van der Waals surface area contributed by atoms with Gasteiger partial charge in [0, 0.05) is 19.2 Å². The van der Waals surface area contributed by atoms with Crippen LogP contribution in [0.5, 0.6) is 0 Å². The number of hydrogen-bond acceptors (Lipinski definition) is 5. The van der Waals surface area contributed by atoms with E-state index in [1.165, 1.54) is 10.7 Å². The molecule has 1 aromatic heterocycles. The molecule has 0 amide bonds. The van der Waals surface area contributed by atoms with Gasteiger partial charge in [0.25, 0.3) is 5.56 Å². The molecule has 1 heterocycles. The first-order valence-corrected chi connectivity index (χ1v) is 6.23. The average molecular weight is 269 g/mol. The van der Waals surface area contributed by atoms with Gasteiger partial charge in [-0.25, -0.2) is 4.68 Å². The van der Waals surface area contributed by atoms with Crippen molar-refractivity contribution in [3.05, 3.63) is 58.0 Å². The lowest BCUT2D eigenvalue weighted by molar-refractivity contribution is 0.639. The van der Waals surface area contributed by atoms with Gasteiger partial charge in [0.1, 0.15) is 0 Å². The summed E-state index contributed by atoms with van der Waals surface area (Å²) in [4.78, 5) is 11.9. The quantitative estimate of drug-likeness (QED) is 0.825. The van der Waals surface area contributed by atoms with Gasteiger partial charge in [-0.15, -0.1) is 0 Å². The number of hydrogen-bond donors (Lipinski definition) is 2. The standard InChI is InChI=1S/C14H15N5O/c15-4-5-17-13-7-14(20)19(18-9-13)10-12-3-1-2-11(6-12)8-16/h1-3,6-7,9,17H,4-5,10,15H2. The van der Waals surface area contributed by atoms with Crippen LogP contribution in [0.3, 0.4) is 0 Å². The maximum absolute atomic E-state index is 11.9. The number of anilines is 1. The van der Waals surface area contributed by atoms with Gasteiger partial charge in [-0.1, -0.05) is 12.1 Å². The average Bonchev–Trinajstić information content (AvgIpc) is 2.48. The monoisotopic (exact) mass is 269 g/mol. The first kappa shape index (κ1) is 13.8. The fourth-order valence-electron chi connectivity index (χ4n) is 1.78. The summed E-state index contributed by atoms with van der Waals surface area (Å²) in [6.45, 7) is 1.42. The van der Waals surface area contributed by atoms with E-state index in [2.05, 4.69) is 16.5 Å². The molecule has 1 aromatic carbocycles. The van der Waals surface area contributed by atoms with Gasteiger partial charge in [0.2, 0.25) is 0 Å². The van der Waals surface area contributed by atoms with Crippen LogP contribution in [0.25, 0.3) is 0 Å². The van der Waals surface area contributed by atoms with Crippen LogP contribution in [-0.4, -0.2) is 22.9 Å². The molecular formula is C14H15N5O. The summed E-state index contributed by atoms with van der Waals surface area (Å²) < 4.78 is 1.35. The Morgan fingerprint density at radius 2 is 2.25 bits per heavy atom. The zero-order chi connectivity index (χ0) is 14.4. The molecule has 0 spiro atoms. The smallest absolute Gasteiger partial charge is 0.269 e. The second kappa shape index (κ2) is 6.50. The topological polar surface area (TPSA) is 96.7 Å². The Morgan fingerprint density at radius 1 is 1.40 bits per heavy atom. The molecule has 0 aliphatic heterocycles. The number of aromatic nitrogens is 2. The molecule has 6 nitrogen and oxygen atoms in total. The van der Waals surface area contributed by atoms with Crippen molar-refractivity contribution in [2.24, 2.45) is 5.73 Å². The summed E-state index contributed by atoms with van der Waals surface area (Å²) in [6.07, 6.45) is 1.59. The van der Waals surface area contributed by atoms with Crippen molar-refractivity contribution in [1.82, 2.24) is 9.78 Å². The molecule has 2 rings (SSSR count). The van der Waals surface area contributed by atoms with E-state index in [-0.39, 0.29) is 5.56 Å². The highest BCUT2D eigenvalue weighted by Crippen LogP contribution is 2.05. The summed E-state index contributed by atoms with van der Waals surface area (Å²) in [6, 6.07) is 10.7. The number of nitrogens with zero attached hydrogens (tertiary/aromatic N) is 3. The van der Waals surface area contributed by atoms with Crippen LogP contribution in [-0.2, 0) is 6.54 Å². The molecule has 0 bridgehead atoms. The summed E-state index contributed by atoms with van der Waals surface area (Å²) in [5.41, 5.74) is 7.27. The Bertz CT molecular complexity index is 686. The number of nitriles is 1. The molecule has 0 aliphatic rings. The van der Waals surface area contributed by atoms with Gasteiger partial charge in [-0.05, 0) is 17.7 Å². The van der Waals surface area contributed by atoms with Crippen molar-refractivity contribution < 1.29 is 0 Å². The molecule has 2 aromatic rings. The van der Waals surface area contributed by atoms with Gasteiger partial charge in [0.05, 0.1) is 30.1 Å². The normalized spacial score (nSPS) is 10.0. The van der Waals surface area contributed by atoms with Crippen molar-refractivity contribution in [1.29, 1.82) is 5.26 Å². The van der Waals surface area contributed by atoms with E-state index >= 15 is 0 Å². The first-order valence-electron chi connectivity index (χ1n) is 6.23. The molecule has 0 saturated carbocycles. The lowest BCUT2D eigenvalue weighted by Gasteiger charge is -2.07. The zero-order valence-electron chi connectivity index (χ0n) is 10.9. The van der Waals surface area contributed by atoms with Crippen LogP contribution < -0.4 is 16.6 Å². The second-order valence-electron chi connectivity index (χ2n) is 4.27. The second-order valence-corrected chi connectivity index (χ2v) is 4.27. The molecule has 102 valence electrons. The highest BCUT2D eigenvalue weighted by atomic mass is 16.1. The SMILES string of the molecule is N#Cc1cccc(Cn2ncc(NCCN)cc2=O)c1. The Balaban J connectivity index is 2.17. The molecule has 0 aliphatic carbocycles. The van der Waals surface area contributed by atoms with Crippen LogP contribution in [0.15, 0.2) is 41.3 Å². The van der Waals surface area contributed by atoms with Crippen LogP contribution in [0.1, 0.15) is 11.1 Å².